The monoisotopic (exact) mass is 403 g/mol. The van der Waals surface area contributed by atoms with Gasteiger partial charge in [0.2, 0.25) is 5.78 Å². The summed E-state index contributed by atoms with van der Waals surface area (Å²) in [6.07, 6.45) is -0.103. The van der Waals surface area contributed by atoms with Crippen LogP contribution in [0.4, 0.5) is 13.2 Å². The largest absolute Gasteiger partial charge is 0.491 e. The summed E-state index contributed by atoms with van der Waals surface area (Å²) in [6.45, 7) is 1.12. The third-order valence-corrected chi connectivity index (χ3v) is 4.73. The van der Waals surface area contributed by atoms with Crippen LogP contribution in [-0.2, 0) is 17.6 Å². The standard InChI is InChI=1S/C20H16F3N3O3/c21-20(22,23)19(28)29-13-3-1-11(2-4-13)5-7-25-15-9-14-16-12(6-8-24-14)10-26-17(16)18(15)27/h1-4,9-10,25-26H,5-8H2. The van der Waals surface area contributed by atoms with E-state index in [4.69, 9.17) is 0 Å². The summed E-state index contributed by atoms with van der Waals surface area (Å²) in [5.41, 5.74) is 4.57. The number of alkyl halides is 3. The van der Waals surface area contributed by atoms with E-state index in [9.17, 15) is 22.8 Å². The Morgan fingerprint density at radius 1 is 1.24 bits per heavy atom. The van der Waals surface area contributed by atoms with Gasteiger partial charge in [-0.3, -0.25) is 9.79 Å². The number of aromatic nitrogens is 1. The number of nitrogens with zero attached hydrogens (tertiary/aromatic N) is 1. The SMILES string of the molecule is O=C1C(NCCc2ccc(OC(=O)C(F)(F)F)cc2)=CC2=NCCc3c[nH]c1c32. The Hall–Kier alpha value is -3.36. The van der Waals surface area contributed by atoms with E-state index in [1.807, 2.05) is 6.20 Å². The van der Waals surface area contributed by atoms with Crippen LogP contribution in [0.15, 0.2) is 47.2 Å². The van der Waals surface area contributed by atoms with Gasteiger partial charge in [0.1, 0.15) is 5.75 Å². The summed E-state index contributed by atoms with van der Waals surface area (Å²) < 4.78 is 40.9. The van der Waals surface area contributed by atoms with Crippen molar-refractivity contribution in [1.29, 1.82) is 0 Å². The number of esters is 1. The normalized spacial score (nSPS) is 15.3. The number of ketones is 1. The van der Waals surface area contributed by atoms with Gasteiger partial charge in [0.05, 0.1) is 17.1 Å². The highest BCUT2D eigenvalue weighted by Crippen LogP contribution is 2.26. The Kier molecular flexibility index (Phi) is 4.73. The average Bonchev–Trinajstić information content (AvgIpc) is 3.12. The number of rotatable bonds is 5. The lowest BCUT2D eigenvalue weighted by molar-refractivity contribution is -0.189. The maximum atomic E-state index is 12.6. The molecule has 0 bridgehead atoms. The molecule has 4 rings (SSSR count). The highest BCUT2D eigenvalue weighted by molar-refractivity contribution is 6.26. The molecular formula is C20H16F3N3O3. The van der Waals surface area contributed by atoms with Crippen molar-refractivity contribution in [3.05, 3.63) is 64.6 Å². The van der Waals surface area contributed by atoms with E-state index in [0.29, 0.717) is 30.9 Å². The van der Waals surface area contributed by atoms with Crippen LogP contribution in [0.2, 0.25) is 0 Å². The molecule has 1 aliphatic carbocycles. The number of nitrogens with one attached hydrogen (secondary N) is 2. The van der Waals surface area contributed by atoms with Crippen LogP contribution >= 0.6 is 0 Å². The molecule has 0 spiro atoms. The third kappa shape index (κ3) is 3.80. The van der Waals surface area contributed by atoms with Gasteiger partial charge in [-0.15, -0.1) is 0 Å². The summed E-state index contributed by atoms with van der Waals surface area (Å²) in [4.78, 5) is 31.0. The van der Waals surface area contributed by atoms with Crippen LogP contribution in [0.3, 0.4) is 0 Å². The summed E-state index contributed by atoms with van der Waals surface area (Å²) >= 11 is 0. The number of benzene rings is 1. The number of hydrogen-bond donors (Lipinski definition) is 2. The predicted octanol–water partition coefficient (Wildman–Crippen LogP) is 2.74. The minimum absolute atomic E-state index is 0.124. The molecule has 2 aromatic rings. The van der Waals surface area contributed by atoms with E-state index < -0.39 is 12.1 Å². The average molecular weight is 403 g/mol. The second kappa shape index (κ2) is 7.23. The minimum atomic E-state index is -5.04. The molecule has 0 radical (unpaired) electrons. The van der Waals surface area contributed by atoms with Crippen molar-refractivity contribution in [1.82, 2.24) is 10.3 Å². The van der Waals surface area contributed by atoms with Gasteiger partial charge in [0.25, 0.3) is 0 Å². The number of halogens is 3. The van der Waals surface area contributed by atoms with Gasteiger partial charge in [0, 0.05) is 24.8 Å². The Morgan fingerprint density at radius 3 is 2.72 bits per heavy atom. The number of aliphatic imine (C=N–C) groups is 1. The first-order valence-electron chi connectivity index (χ1n) is 8.96. The van der Waals surface area contributed by atoms with Crippen molar-refractivity contribution < 1.29 is 27.5 Å². The van der Waals surface area contributed by atoms with Gasteiger partial charge in [-0.1, -0.05) is 12.1 Å². The maximum Gasteiger partial charge on any atom is 0.491 e. The van der Waals surface area contributed by atoms with Crippen molar-refractivity contribution in [2.75, 3.05) is 13.1 Å². The number of allylic oxidation sites excluding steroid dienone is 2. The third-order valence-electron chi connectivity index (χ3n) is 4.73. The second-order valence-electron chi connectivity index (χ2n) is 6.68. The molecule has 1 aromatic carbocycles. The van der Waals surface area contributed by atoms with Crippen molar-refractivity contribution in [2.24, 2.45) is 4.99 Å². The van der Waals surface area contributed by atoms with Crippen LogP contribution in [0, 0.1) is 0 Å². The van der Waals surface area contributed by atoms with Crippen LogP contribution in [0.25, 0.3) is 0 Å². The topological polar surface area (TPSA) is 83.5 Å². The molecule has 9 heteroatoms. The Bertz CT molecular complexity index is 1030. The van der Waals surface area contributed by atoms with E-state index in [-0.39, 0.29) is 11.5 Å². The summed E-state index contributed by atoms with van der Waals surface area (Å²) in [6, 6.07) is 5.73. The fourth-order valence-electron chi connectivity index (χ4n) is 3.33. The molecule has 150 valence electrons. The van der Waals surface area contributed by atoms with Gasteiger partial charge in [-0.25, -0.2) is 4.79 Å². The highest BCUT2D eigenvalue weighted by atomic mass is 19.4. The molecule has 0 atom stereocenters. The Balaban J connectivity index is 1.36. The zero-order chi connectivity index (χ0) is 20.6. The molecule has 0 saturated carbocycles. The number of aromatic amines is 1. The smallest absolute Gasteiger partial charge is 0.420 e. The predicted molar refractivity (Wildman–Crippen MR) is 98.2 cm³/mol. The van der Waals surface area contributed by atoms with Crippen LogP contribution in [0.5, 0.6) is 5.75 Å². The van der Waals surface area contributed by atoms with E-state index in [0.717, 1.165) is 28.8 Å². The molecule has 0 saturated heterocycles. The first-order chi connectivity index (χ1) is 13.8. The lowest BCUT2D eigenvalue weighted by Crippen LogP contribution is -2.29. The lowest BCUT2D eigenvalue weighted by Gasteiger charge is -2.19. The molecule has 0 unspecified atom stereocenters. The zero-order valence-electron chi connectivity index (χ0n) is 15.1. The molecule has 6 nitrogen and oxygen atoms in total. The van der Waals surface area contributed by atoms with Crippen LogP contribution in [-0.4, -0.2) is 41.7 Å². The van der Waals surface area contributed by atoms with Crippen molar-refractivity contribution in [2.45, 2.75) is 19.0 Å². The van der Waals surface area contributed by atoms with Gasteiger partial charge >= 0.3 is 12.1 Å². The summed E-state index contributed by atoms with van der Waals surface area (Å²) in [5.74, 6) is -2.56. The number of carbonyl (C=O) groups is 2. The molecule has 1 aliphatic heterocycles. The molecule has 0 amide bonds. The van der Waals surface area contributed by atoms with Gasteiger partial charge in [-0.2, -0.15) is 13.2 Å². The summed E-state index contributed by atoms with van der Waals surface area (Å²) in [5, 5.41) is 3.10. The lowest BCUT2D eigenvalue weighted by atomic mass is 9.92. The van der Waals surface area contributed by atoms with E-state index in [1.54, 1.807) is 18.2 Å². The minimum Gasteiger partial charge on any atom is -0.420 e. The van der Waals surface area contributed by atoms with Crippen LogP contribution < -0.4 is 10.1 Å². The number of carbonyl (C=O) groups excluding carboxylic acids is 2. The maximum absolute atomic E-state index is 12.6. The molecule has 1 aromatic heterocycles. The van der Waals surface area contributed by atoms with Crippen molar-refractivity contribution in [3.8, 4) is 5.75 Å². The quantitative estimate of drug-likeness (QED) is 0.594. The zero-order valence-corrected chi connectivity index (χ0v) is 15.1. The summed E-state index contributed by atoms with van der Waals surface area (Å²) in [7, 11) is 0. The van der Waals surface area contributed by atoms with E-state index in [1.165, 1.54) is 12.1 Å². The van der Waals surface area contributed by atoms with Crippen molar-refractivity contribution in [3.63, 3.8) is 0 Å². The molecule has 2 heterocycles. The second-order valence-corrected chi connectivity index (χ2v) is 6.68. The first-order valence-corrected chi connectivity index (χ1v) is 8.96. The number of H-pyrrole nitrogens is 1. The van der Waals surface area contributed by atoms with Gasteiger partial charge in [-0.05, 0) is 42.2 Å². The first kappa shape index (κ1) is 19.0. The Labute approximate surface area is 163 Å². The van der Waals surface area contributed by atoms with E-state index in [2.05, 4.69) is 20.0 Å². The molecular weight excluding hydrogens is 387 g/mol. The molecule has 2 N–H and O–H groups in total. The fourth-order valence-corrected chi connectivity index (χ4v) is 3.33. The molecule has 29 heavy (non-hydrogen) atoms. The van der Waals surface area contributed by atoms with Gasteiger partial charge < -0.3 is 15.0 Å². The number of ether oxygens (including phenoxy) is 1. The van der Waals surface area contributed by atoms with Crippen molar-refractivity contribution >= 4 is 17.5 Å². The van der Waals surface area contributed by atoms with E-state index >= 15 is 0 Å². The molecule has 0 fully saturated rings. The highest BCUT2D eigenvalue weighted by Gasteiger charge is 2.41. The Morgan fingerprint density at radius 2 is 2.00 bits per heavy atom. The fraction of sp³-hybridized carbons (Fsp3) is 0.250. The van der Waals surface area contributed by atoms with Gasteiger partial charge in [0.15, 0.2) is 0 Å². The number of Topliss-reactive ketones (excluding diaryl/α,β-unsaturated/α-hetero) is 1. The van der Waals surface area contributed by atoms with Crippen LogP contribution in [0.1, 0.15) is 27.2 Å². The number of hydrogen-bond acceptors (Lipinski definition) is 5. The molecule has 2 aliphatic rings.